The Balaban J connectivity index is 1.49. The molecule has 0 bridgehead atoms. The summed E-state index contributed by atoms with van der Waals surface area (Å²) in [5.74, 6) is 0.880. The molecule has 1 N–H and O–H groups in total. The highest BCUT2D eigenvalue weighted by molar-refractivity contribution is 7.09. The average molecular weight is 347 g/mol. The molecule has 0 saturated carbocycles. The molecule has 2 aromatic rings. The fourth-order valence-electron chi connectivity index (χ4n) is 3.26. The molecule has 130 valence electrons. The van der Waals surface area contributed by atoms with Gasteiger partial charge in [-0.3, -0.25) is 4.90 Å². The average Bonchev–Trinajstić information content (AvgIpc) is 3.27. The molecule has 1 aliphatic rings. The summed E-state index contributed by atoms with van der Waals surface area (Å²) >= 11 is 1.68. The van der Waals surface area contributed by atoms with Gasteiger partial charge in [-0.2, -0.15) is 0 Å². The first-order valence-corrected chi connectivity index (χ1v) is 9.30. The number of nitrogens with zero attached hydrogens (tertiary/aromatic N) is 1. The van der Waals surface area contributed by atoms with Gasteiger partial charge < -0.3 is 14.6 Å². The van der Waals surface area contributed by atoms with E-state index in [-0.39, 0.29) is 0 Å². The number of aliphatic hydroxyl groups is 1. The number of hydrogen-bond donors (Lipinski definition) is 1. The van der Waals surface area contributed by atoms with Crippen molar-refractivity contribution in [1.82, 2.24) is 4.90 Å². The number of methoxy groups -OCH3 is 1. The first kappa shape index (κ1) is 17.4. The van der Waals surface area contributed by atoms with Crippen LogP contribution in [0.5, 0.6) is 5.75 Å². The fourth-order valence-corrected chi connectivity index (χ4v) is 3.90. The molecular formula is C19H25NO3S. The van der Waals surface area contributed by atoms with Gasteiger partial charge in [-0.1, -0.05) is 18.2 Å². The van der Waals surface area contributed by atoms with Gasteiger partial charge in [0.05, 0.1) is 26.4 Å². The molecule has 24 heavy (non-hydrogen) atoms. The highest BCUT2D eigenvalue weighted by Crippen LogP contribution is 2.32. The van der Waals surface area contributed by atoms with Crippen molar-refractivity contribution in [2.24, 2.45) is 0 Å². The maximum Gasteiger partial charge on any atom is 0.118 e. The normalized spacial score (nSPS) is 19.5. The number of benzene rings is 1. The Morgan fingerprint density at radius 2 is 2.12 bits per heavy atom. The second-order valence-corrected chi connectivity index (χ2v) is 7.21. The van der Waals surface area contributed by atoms with Crippen molar-refractivity contribution in [2.75, 3.05) is 26.8 Å². The Hall–Kier alpha value is -1.40. The molecule has 1 aliphatic heterocycles. The molecule has 1 aromatic heterocycles. The van der Waals surface area contributed by atoms with Crippen molar-refractivity contribution in [3.63, 3.8) is 0 Å². The molecule has 0 amide bonds. The highest BCUT2D eigenvalue weighted by Gasteiger charge is 2.27. The van der Waals surface area contributed by atoms with E-state index >= 15 is 0 Å². The number of aliphatic hydroxyl groups excluding tert-OH is 1. The summed E-state index contributed by atoms with van der Waals surface area (Å²) in [7, 11) is 1.68. The standard InChI is InChI=1S/C19H25NO3S/c1-22-17-8-6-15(7-9-17)19-5-2-10-20(19)12-16(21)13-23-14-18-4-3-11-24-18/h3-4,6-9,11,16,19,21H,2,5,10,12-14H2,1H3. The van der Waals surface area contributed by atoms with Crippen LogP contribution in [0, 0.1) is 0 Å². The van der Waals surface area contributed by atoms with Crippen molar-refractivity contribution in [3.8, 4) is 5.75 Å². The topological polar surface area (TPSA) is 41.9 Å². The van der Waals surface area contributed by atoms with E-state index in [0.29, 0.717) is 25.8 Å². The van der Waals surface area contributed by atoms with Crippen LogP contribution in [0.4, 0.5) is 0 Å². The van der Waals surface area contributed by atoms with E-state index in [1.54, 1.807) is 18.4 Å². The SMILES string of the molecule is COc1ccc(C2CCCN2CC(O)COCc2cccs2)cc1. The van der Waals surface area contributed by atoms with E-state index in [2.05, 4.69) is 23.1 Å². The molecule has 1 fully saturated rings. The molecule has 0 spiro atoms. The Bertz CT molecular complexity index is 600. The first-order valence-electron chi connectivity index (χ1n) is 8.42. The van der Waals surface area contributed by atoms with Crippen LogP contribution in [0.3, 0.4) is 0 Å². The van der Waals surface area contributed by atoms with Crippen LogP contribution in [0.25, 0.3) is 0 Å². The summed E-state index contributed by atoms with van der Waals surface area (Å²) in [5, 5.41) is 12.3. The van der Waals surface area contributed by atoms with Gasteiger partial charge in [-0.15, -0.1) is 11.3 Å². The Labute approximate surface area is 147 Å². The van der Waals surface area contributed by atoms with E-state index in [0.717, 1.165) is 18.7 Å². The summed E-state index contributed by atoms with van der Waals surface area (Å²) in [6, 6.07) is 12.7. The lowest BCUT2D eigenvalue weighted by Crippen LogP contribution is -2.34. The van der Waals surface area contributed by atoms with Crippen LogP contribution in [0.15, 0.2) is 41.8 Å². The minimum atomic E-state index is -0.455. The van der Waals surface area contributed by atoms with Crippen LogP contribution >= 0.6 is 11.3 Å². The molecule has 5 heteroatoms. The Morgan fingerprint density at radius 3 is 2.83 bits per heavy atom. The van der Waals surface area contributed by atoms with Crippen LogP contribution in [-0.2, 0) is 11.3 Å². The smallest absolute Gasteiger partial charge is 0.118 e. The van der Waals surface area contributed by atoms with Gasteiger partial charge in [-0.25, -0.2) is 0 Å². The van der Waals surface area contributed by atoms with Gasteiger partial charge in [0, 0.05) is 17.5 Å². The molecule has 2 unspecified atom stereocenters. The molecule has 0 aliphatic carbocycles. The quantitative estimate of drug-likeness (QED) is 0.794. The van der Waals surface area contributed by atoms with Crippen molar-refractivity contribution in [1.29, 1.82) is 0 Å². The minimum absolute atomic E-state index is 0.378. The summed E-state index contributed by atoms with van der Waals surface area (Å²) in [6.45, 7) is 2.64. The van der Waals surface area contributed by atoms with Crippen LogP contribution in [-0.4, -0.2) is 42.9 Å². The zero-order chi connectivity index (χ0) is 16.8. The van der Waals surface area contributed by atoms with Crippen molar-refractivity contribution in [3.05, 3.63) is 52.2 Å². The molecule has 2 heterocycles. The lowest BCUT2D eigenvalue weighted by molar-refractivity contribution is 0.00848. The molecule has 4 nitrogen and oxygen atoms in total. The second kappa shape index (κ2) is 8.62. The van der Waals surface area contributed by atoms with E-state index in [9.17, 15) is 5.11 Å². The third kappa shape index (κ3) is 4.57. The number of rotatable bonds is 8. The zero-order valence-corrected chi connectivity index (χ0v) is 14.9. The first-order chi connectivity index (χ1) is 11.8. The van der Waals surface area contributed by atoms with Gasteiger partial charge in [0.25, 0.3) is 0 Å². The summed E-state index contributed by atoms with van der Waals surface area (Å²) in [5.41, 5.74) is 1.29. The minimum Gasteiger partial charge on any atom is -0.497 e. The van der Waals surface area contributed by atoms with Gasteiger partial charge in [0.15, 0.2) is 0 Å². The van der Waals surface area contributed by atoms with E-state index < -0.39 is 6.10 Å². The maximum absolute atomic E-state index is 10.3. The van der Waals surface area contributed by atoms with E-state index in [1.807, 2.05) is 23.6 Å². The molecule has 0 radical (unpaired) electrons. The third-order valence-electron chi connectivity index (χ3n) is 4.44. The molecular weight excluding hydrogens is 322 g/mol. The van der Waals surface area contributed by atoms with Gasteiger partial charge in [0.2, 0.25) is 0 Å². The highest BCUT2D eigenvalue weighted by atomic mass is 32.1. The monoisotopic (exact) mass is 347 g/mol. The zero-order valence-electron chi connectivity index (χ0n) is 14.1. The number of thiophene rings is 1. The number of likely N-dealkylation sites (tertiary alicyclic amines) is 1. The van der Waals surface area contributed by atoms with E-state index in [4.69, 9.17) is 9.47 Å². The summed E-state index contributed by atoms with van der Waals surface area (Å²) < 4.78 is 10.9. The predicted molar refractivity (Wildman–Crippen MR) is 96.5 cm³/mol. The van der Waals surface area contributed by atoms with Crippen LogP contribution in [0.2, 0.25) is 0 Å². The lowest BCUT2D eigenvalue weighted by atomic mass is 10.0. The number of hydrogen-bond acceptors (Lipinski definition) is 5. The van der Waals surface area contributed by atoms with Crippen molar-refractivity contribution in [2.45, 2.75) is 31.6 Å². The lowest BCUT2D eigenvalue weighted by Gasteiger charge is -2.27. The summed E-state index contributed by atoms with van der Waals surface area (Å²) in [6.07, 6.45) is 1.85. The molecule has 3 rings (SSSR count). The Kier molecular flexibility index (Phi) is 6.26. The van der Waals surface area contributed by atoms with Gasteiger partial charge >= 0.3 is 0 Å². The molecule has 1 saturated heterocycles. The van der Waals surface area contributed by atoms with Crippen molar-refractivity contribution >= 4 is 11.3 Å². The molecule has 2 atom stereocenters. The second-order valence-electron chi connectivity index (χ2n) is 6.17. The predicted octanol–water partition coefficient (Wildman–Crippen LogP) is 3.47. The largest absolute Gasteiger partial charge is 0.497 e. The van der Waals surface area contributed by atoms with Crippen LogP contribution < -0.4 is 4.74 Å². The number of β-amino-alcohol motifs (C(OH)–C–C–N with tert-alkyl or cyclic N) is 1. The number of ether oxygens (including phenoxy) is 2. The van der Waals surface area contributed by atoms with E-state index in [1.165, 1.54) is 16.9 Å². The Morgan fingerprint density at radius 1 is 1.29 bits per heavy atom. The van der Waals surface area contributed by atoms with Gasteiger partial charge in [0.1, 0.15) is 5.75 Å². The summed E-state index contributed by atoms with van der Waals surface area (Å²) in [4.78, 5) is 3.56. The third-order valence-corrected chi connectivity index (χ3v) is 5.29. The van der Waals surface area contributed by atoms with Crippen LogP contribution in [0.1, 0.15) is 29.3 Å². The maximum atomic E-state index is 10.3. The fraction of sp³-hybridized carbons (Fsp3) is 0.474. The van der Waals surface area contributed by atoms with Gasteiger partial charge in [-0.05, 0) is 48.5 Å². The molecule has 1 aromatic carbocycles. The van der Waals surface area contributed by atoms with Crippen molar-refractivity contribution < 1.29 is 14.6 Å².